The molecule has 0 aromatic carbocycles. The quantitative estimate of drug-likeness (QED) is 0.711. The zero-order chi connectivity index (χ0) is 12.2. The lowest BCUT2D eigenvalue weighted by Crippen LogP contribution is -2.26. The van der Waals surface area contributed by atoms with Crippen molar-refractivity contribution in [3.05, 3.63) is 0 Å². The summed E-state index contributed by atoms with van der Waals surface area (Å²) in [6.07, 6.45) is 5.09. The largest absolute Gasteiger partial charge is 0.460 e. The first-order valence-corrected chi connectivity index (χ1v) is 6.23. The zero-order valence-corrected chi connectivity index (χ0v) is 10.7. The summed E-state index contributed by atoms with van der Waals surface area (Å²) in [6, 6.07) is 0. The van der Waals surface area contributed by atoms with Crippen molar-refractivity contribution in [2.75, 3.05) is 6.61 Å². The number of aliphatic hydroxyl groups is 1. The highest BCUT2D eigenvalue weighted by Crippen LogP contribution is 2.35. The minimum Gasteiger partial charge on any atom is -0.460 e. The average Bonchev–Trinajstić information content (AvgIpc) is 2.92. The molecule has 1 aliphatic rings. The van der Waals surface area contributed by atoms with E-state index in [9.17, 15) is 9.90 Å². The van der Waals surface area contributed by atoms with Gasteiger partial charge in [-0.05, 0) is 39.0 Å². The van der Waals surface area contributed by atoms with Gasteiger partial charge in [0.1, 0.15) is 5.60 Å². The molecule has 0 radical (unpaired) electrons. The topological polar surface area (TPSA) is 46.5 Å². The lowest BCUT2D eigenvalue weighted by Gasteiger charge is -2.21. The Balaban J connectivity index is 2.22. The summed E-state index contributed by atoms with van der Waals surface area (Å²) in [6.45, 7) is 5.68. The Morgan fingerprint density at radius 1 is 1.44 bits per heavy atom. The van der Waals surface area contributed by atoms with E-state index in [1.165, 1.54) is 12.8 Å². The fraction of sp³-hybridized carbons (Fsp3) is 0.923. The molecule has 1 atom stereocenters. The third-order valence-electron chi connectivity index (χ3n) is 2.81. The van der Waals surface area contributed by atoms with E-state index >= 15 is 0 Å². The van der Waals surface area contributed by atoms with Gasteiger partial charge in [0.15, 0.2) is 0 Å². The van der Waals surface area contributed by atoms with E-state index in [0.717, 1.165) is 18.8 Å². The van der Waals surface area contributed by atoms with Gasteiger partial charge < -0.3 is 9.84 Å². The lowest BCUT2D eigenvalue weighted by molar-refractivity contribution is -0.156. The number of carbonyl (C=O) groups is 1. The summed E-state index contributed by atoms with van der Waals surface area (Å²) in [5.41, 5.74) is -0.423. The smallest absolute Gasteiger partial charge is 0.306 e. The molecule has 1 aliphatic carbocycles. The highest BCUT2D eigenvalue weighted by atomic mass is 16.6. The molecule has 0 saturated heterocycles. The van der Waals surface area contributed by atoms with Crippen LogP contribution in [0.2, 0.25) is 0 Å². The van der Waals surface area contributed by atoms with Gasteiger partial charge in [0, 0.05) is 6.61 Å². The summed E-state index contributed by atoms with van der Waals surface area (Å²) < 4.78 is 5.24. The van der Waals surface area contributed by atoms with Gasteiger partial charge in [0.05, 0.1) is 6.42 Å². The maximum Gasteiger partial charge on any atom is 0.306 e. The molecule has 1 saturated carbocycles. The molecule has 94 valence electrons. The van der Waals surface area contributed by atoms with Crippen LogP contribution in [0.4, 0.5) is 0 Å². The predicted molar refractivity (Wildman–Crippen MR) is 63.0 cm³/mol. The second-order valence-corrected chi connectivity index (χ2v) is 5.86. The van der Waals surface area contributed by atoms with E-state index in [1.807, 2.05) is 20.8 Å². The first-order chi connectivity index (χ1) is 7.40. The Morgan fingerprint density at radius 3 is 2.50 bits per heavy atom. The van der Waals surface area contributed by atoms with Gasteiger partial charge in [-0.25, -0.2) is 0 Å². The number of aliphatic hydroxyl groups excluding tert-OH is 1. The van der Waals surface area contributed by atoms with E-state index in [2.05, 4.69) is 0 Å². The van der Waals surface area contributed by atoms with Crippen molar-refractivity contribution in [2.45, 2.75) is 58.5 Å². The molecule has 0 aliphatic heterocycles. The summed E-state index contributed by atoms with van der Waals surface area (Å²) in [7, 11) is 0. The van der Waals surface area contributed by atoms with Gasteiger partial charge >= 0.3 is 5.97 Å². The van der Waals surface area contributed by atoms with Crippen LogP contribution in [0.5, 0.6) is 0 Å². The molecule has 1 rings (SSSR count). The van der Waals surface area contributed by atoms with Crippen LogP contribution in [0.3, 0.4) is 0 Å². The highest BCUT2D eigenvalue weighted by molar-refractivity contribution is 5.70. The minimum atomic E-state index is -0.423. The van der Waals surface area contributed by atoms with E-state index in [4.69, 9.17) is 4.74 Å². The molecule has 0 heterocycles. The molecule has 3 nitrogen and oxygen atoms in total. The summed E-state index contributed by atoms with van der Waals surface area (Å²) in [4.78, 5) is 11.6. The van der Waals surface area contributed by atoms with E-state index < -0.39 is 5.60 Å². The third kappa shape index (κ3) is 6.11. The van der Waals surface area contributed by atoms with Crippen LogP contribution in [-0.2, 0) is 9.53 Å². The van der Waals surface area contributed by atoms with Crippen molar-refractivity contribution >= 4 is 5.97 Å². The van der Waals surface area contributed by atoms with Gasteiger partial charge in [-0.1, -0.05) is 19.3 Å². The molecule has 1 N–H and O–H groups in total. The van der Waals surface area contributed by atoms with Crippen LogP contribution < -0.4 is 0 Å². The van der Waals surface area contributed by atoms with Gasteiger partial charge in [-0.3, -0.25) is 4.79 Å². The molecule has 0 bridgehead atoms. The monoisotopic (exact) mass is 228 g/mol. The number of carbonyl (C=O) groups excluding carboxylic acids is 1. The molecule has 16 heavy (non-hydrogen) atoms. The summed E-state index contributed by atoms with van der Waals surface area (Å²) in [5.74, 6) is 0.741. The average molecular weight is 228 g/mol. The van der Waals surface area contributed by atoms with E-state index in [-0.39, 0.29) is 18.5 Å². The molecule has 0 unspecified atom stereocenters. The van der Waals surface area contributed by atoms with Crippen molar-refractivity contribution in [3.63, 3.8) is 0 Å². The van der Waals surface area contributed by atoms with Gasteiger partial charge in [0.2, 0.25) is 0 Å². The second kappa shape index (κ2) is 5.67. The van der Waals surface area contributed by atoms with Crippen molar-refractivity contribution in [3.8, 4) is 0 Å². The Morgan fingerprint density at radius 2 is 2.06 bits per heavy atom. The van der Waals surface area contributed by atoms with E-state index in [0.29, 0.717) is 6.42 Å². The molecule has 0 aromatic rings. The van der Waals surface area contributed by atoms with Crippen molar-refractivity contribution in [1.82, 2.24) is 0 Å². The van der Waals surface area contributed by atoms with Crippen LogP contribution in [0.1, 0.15) is 52.9 Å². The predicted octanol–water partition coefficient (Wildman–Crippen LogP) is 2.52. The zero-order valence-electron chi connectivity index (χ0n) is 10.7. The number of hydrogen-bond acceptors (Lipinski definition) is 3. The van der Waals surface area contributed by atoms with Crippen LogP contribution in [0.25, 0.3) is 0 Å². The standard InChI is InChI=1S/C13H24O3/c1-13(2,3)16-12(15)8-11(9-14)7-6-10-4-5-10/h10-11,14H,4-9H2,1-3H3/t11-/m1/s1. The van der Waals surface area contributed by atoms with Crippen molar-refractivity contribution < 1.29 is 14.6 Å². The van der Waals surface area contributed by atoms with Gasteiger partial charge in [-0.2, -0.15) is 0 Å². The number of esters is 1. The molecule has 0 amide bonds. The van der Waals surface area contributed by atoms with Crippen LogP contribution in [0.15, 0.2) is 0 Å². The normalized spacial score (nSPS) is 18.2. The van der Waals surface area contributed by atoms with Gasteiger partial charge in [-0.15, -0.1) is 0 Å². The third-order valence-corrected chi connectivity index (χ3v) is 2.81. The highest BCUT2D eigenvalue weighted by Gasteiger charge is 2.24. The first-order valence-electron chi connectivity index (χ1n) is 6.23. The van der Waals surface area contributed by atoms with E-state index in [1.54, 1.807) is 0 Å². The molecular weight excluding hydrogens is 204 g/mol. The number of rotatable bonds is 6. The molecule has 3 heteroatoms. The van der Waals surface area contributed by atoms with Crippen LogP contribution in [-0.4, -0.2) is 23.3 Å². The van der Waals surface area contributed by atoms with Crippen LogP contribution in [0, 0.1) is 11.8 Å². The Hall–Kier alpha value is -0.570. The second-order valence-electron chi connectivity index (χ2n) is 5.86. The minimum absolute atomic E-state index is 0.0791. The fourth-order valence-corrected chi connectivity index (χ4v) is 1.75. The summed E-state index contributed by atoms with van der Waals surface area (Å²) >= 11 is 0. The molecule has 1 fully saturated rings. The number of hydrogen-bond donors (Lipinski definition) is 1. The molecule has 0 spiro atoms. The maximum absolute atomic E-state index is 11.6. The van der Waals surface area contributed by atoms with Crippen molar-refractivity contribution in [1.29, 1.82) is 0 Å². The fourth-order valence-electron chi connectivity index (χ4n) is 1.75. The maximum atomic E-state index is 11.6. The molecule has 0 aromatic heterocycles. The van der Waals surface area contributed by atoms with Crippen LogP contribution >= 0.6 is 0 Å². The Kier molecular flexibility index (Phi) is 4.78. The Bertz CT molecular complexity index is 226. The van der Waals surface area contributed by atoms with Gasteiger partial charge in [0.25, 0.3) is 0 Å². The molecular formula is C13H24O3. The summed E-state index contributed by atoms with van der Waals surface area (Å²) in [5, 5.41) is 9.20. The number of ether oxygens (including phenoxy) is 1. The first kappa shape index (κ1) is 13.5. The SMILES string of the molecule is CC(C)(C)OC(=O)C[C@H](CO)CCC1CC1. The Labute approximate surface area is 98.2 Å². The lowest BCUT2D eigenvalue weighted by atomic mass is 9.98. The van der Waals surface area contributed by atoms with Crippen molar-refractivity contribution in [2.24, 2.45) is 11.8 Å².